The largest absolute Gasteiger partial charge is 0.465 e. The van der Waals surface area contributed by atoms with Gasteiger partial charge in [-0.2, -0.15) is 0 Å². The molecule has 0 saturated carbocycles. The Labute approximate surface area is 125 Å². The Kier molecular flexibility index (Phi) is 6.95. The van der Waals surface area contributed by atoms with Crippen LogP contribution in [0, 0.1) is 0 Å². The molecular formula is C14H21ClN2O3. The number of ether oxygens (including phenoxy) is 1. The summed E-state index contributed by atoms with van der Waals surface area (Å²) in [7, 11) is 1.37. The van der Waals surface area contributed by atoms with Gasteiger partial charge in [0.1, 0.15) is 0 Å². The first-order chi connectivity index (χ1) is 9.26. The zero-order valence-electron chi connectivity index (χ0n) is 11.5. The number of nitrogens with zero attached hydrogens (tertiary/aromatic N) is 1. The number of benzene rings is 1. The fraction of sp³-hybridized carbons (Fsp3) is 0.500. The van der Waals surface area contributed by atoms with Gasteiger partial charge in [-0.3, -0.25) is 4.90 Å². The van der Waals surface area contributed by atoms with Crippen molar-refractivity contribution in [3.63, 3.8) is 0 Å². The van der Waals surface area contributed by atoms with E-state index in [2.05, 4.69) is 10.2 Å². The number of methoxy groups -OCH3 is 1. The van der Waals surface area contributed by atoms with E-state index in [1.807, 2.05) is 12.1 Å². The van der Waals surface area contributed by atoms with Crippen LogP contribution in [0.15, 0.2) is 24.3 Å². The number of nitrogens with one attached hydrogen (secondary N) is 1. The molecule has 112 valence electrons. The minimum absolute atomic E-state index is 0. The molecule has 0 aromatic heterocycles. The number of rotatable bonds is 4. The number of aliphatic hydroxyl groups is 1. The molecule has 20 heavy (non-hydrogen) atoms. The zero-order valence-corrected chi connectivity index (χ0v) is 12.4. The summed E-state index contributed by atoms with van der Waals surface area (Å²) in [4.78, 5) is 13.8. The molecule has 1 atom stereocenters. The Balaban J connectivity index is 0.00000200. The van der Waals surface area contributed by atoms with Crippen LogP contribution in [0.25, 0.3) is 0 Å². The lowest BCUT2D eigenvalue weighted by Gasteiger charge is -2.34. The predicted octanol–water partition coefficient (Wildman–Crippen LogP) is 0.834. The summed E-state index contributed by atoms with van der Waals surface area (Å²) in [5.41, 5.74) is 1.47. The van der Waals surface area contributed by atoms with Crippen LogP contribution in [0.4, 0.5) is 0 Å². The van der Waals surface area contributed by atoms with Crippen molar-refractivity contribution >= 4 is 18.4 Å². The summed E-state index contributed by atoms with van der Waals surface area (Å²) in [5.74, 6) is -0.348. The van der Waals surface area contributed by atoms with Gasteiger partial charge in [0.25, 0.3) is 0 Å². The molecule has 1 aromatic carbocycles. The quantitative estimate of drug-likeness (QED) is 0.807. The van der Waals surface area contributed by atoms with Crippen molar-refractivity contribution in [3.8, 4) is 0 Å². The maximum Gasteiger partial charge on any atom is 0.337 e. The maximum absolute atomic E-state index is 11.5. The second kappa shape index (κ2) is 8.21. The molecule has 1 aromatic rings. The number of carbonyl (C=O) groups excluding carboxylic acids is 1. The van der Waals surface area contributed by atoms with Crippen LogP contribution < -0.4 is 5.32 Å². The molecule has 0 spiro atoms. The molecule has 2 rings (SSSR count). The summed E-state index contributed by atoms with van der Waals surface area (Å²) in [6.45, 7) is 3.69. The Morgan fingerprint density at radius 1 is 1.45 bits per heavy atom. The highest BCUT2D eigenvalue weighted by atomic mass is 35.5. The molecule has 0 amide bonds. The average molecular weight is 301 g/mol. The van der Waals surface area contributed by atoms with E-state index in [1.54, 1.807) is 12.1 Å². The van der Waals surface area contributed by atoms with Crippen LogP contribution in [0.2, 0.25) is 0 Å². The third-order valence-electron chi connectivity index (χ3n) is 3.46. The standard InChI is InChI=1S/C14H20N2O3.ClH/c1-19-14(18)12-4-2-3-11(9-12)13(10-17)16-7-5-15-6-8-16;/h2-4,9,13,15,17H,5-8,10H2,1H3;1H/t13-;/m0./s1. The molecule has 1 aliphatic heterocycles. The van der Waals surface area contributed by atoms with E-state index in [-0.39, 0.29) is 31.0 Å². The lowest BCUT2D eigenvalue weighted by Crippen LogP contribution is -2.46. The lowest BCUT2D eigenvalue weighted by atomic mass is 10.0. The molecule has 5 nitrogen and oxygen atoms in total. The van der Waals surface area contributed by atoms with Crippen LogP contribution in [-0.4, -0.2) is 55.9 Å². The second-order valence-corrected chi connectivity index (χ2v) is 4.60. The van der Waals surface area contributed by atoms with Crippen molar-refractivity contribution in [2.75, 3.05) is 39.9 Å². The topological polar surface area (TPSA) is 61.8 Å². The first-order valence-corrected chi connectivity index (χ1v) is 6.50. The predicted molar refractivity (Wildman–Crippen MR) is 79.3 cm³/mol. The van der Waals surface area contributed by atoms with E-state index < -0.39 is 0 Å². The van der Waals surface area contributed by atoms with Gasteiger partial charge in [-0.05, 0) is 17.7 Å². The third kappa shape index (κ3) is 3.93. The molecule has 1 heterocycles. The van der Waals surface area contributed by atoms with Crippen molar-refractivity contribution < 1.29 is 14.6 Å². The van der Waals surface area contributed by atoms with E-state index in [0.717, 1.165) is 31.7 Å². The highest BCUT2D eigenvalue weighted by Gasteiger charge is 2.22. The number of piperazine rings is 1. The Hall–Kier alpha value is -1.14. The van der Waals surface area contributed by atoms with E-state index in [0.29, 0.717) is 5.56 Å². The first-order valence-electron chi connectivity index (χ1n) is 6.50. The zero-order chi connectivity index (χ0) is 13.7. The number of aliphatic hydroxyl groups excluding tert-OH is 1. The molecule has 6 heteroatoms. The van der Waals surface area contributed by atoms with E-state index in [1.165, 1.54) is 7.11 Å². The van der Waals surface area contributed by atoms with Crippen molar-refractivity contribution in [3.05, 3.63) is 35.4 Å². The van der Waals surface area contributed by atoms with E-state index in [4.69, 9.17) is 4.74 Å². The Morgan fingerprint density at radius 2 is 2.15 bits per heavy atom. The molecule has 1 saturated heterocycles. The Bertz CT molecular complexity index is 436. The summed E-state index contributed by atoms with van der Waals surface area (Å²) in [5, 5.41) is 12.9. The summed E-state index contributed by atoms with van der Waals surface area (Å²) >= 11 is 0. The third-order valence-corrected chi connectivity index (χ3v) is 3.46. The van der Waals surface area contributed by atoms with Gasteiger partial charge in [0.05, 0.1) is 25.3 Å². The summed E-state index contributed by atoms with van der Waals surface area (Å²) < 4.78 is 4.73. The van der Waals surface area contributed by atoms with Gasteiger partial charge < -0.3 is 15.2 Å². The van der Waals surface area contributed by atoms with Crippen LogP contribution in [0.3, 0.4) is 0 Å². The SMILES string of the molecule is COC(=O)c1cccc([C@H](CO)N2CCNCC2)c1.Cl. The van der Waals surface area contributed by atoms with Crippen molar-refractivity contribution in [1.82, 2.24) is 10.2 Å². The molecule has 0 aliphatic carbocycles. The van der Waals surface area contributed by atoms with Crippen LogP contribution in [-0.2, 0) is 4.74 Å². The molecular weight excluding hydrogens is 280 g/mol. The molecule has 2 N–H and O–H groups in total. The van der Waals surface area contributed by atoms with Crippen molar-refractivity contribution in [2.45, 2.75) is 6.04 Å². The van der Waals surface area contributed by atoms with Gasteiger partial charge in [-0.1, -0.05) is 12.1 Å². The minimum atomic E-state index is -0.348. The highest BCUT2D eigenvalue weighted by molar-refractivity contribution is 5.89. The van der Waals surface area contributed by atoms with Gasteiger partial charge in [0, 0.05) is 26.2 Å². The van der Waals surface area contributed by atoms with Gasteiger partial charge >= 0.3 is 5.97 Å². The van der Waals surface area contributed by atoms with E-state index >= 15 is 0 Å². The number of hydrogen-bond donors (Lipinski definition) is 2. The summed E-state index contributed by atoms with van der Waals surface area (Å²) in [6, 6.07) is 7.23. The fourth-order valence-electron chi connectivity index (χ4n) is 2.42. The molecule has 0 radical (unpaired) electrons. The van der Waals surface area contributed by atoms with Gasteiger partial charge in [-0.25, -0.2) is 4.79 Å². The summed E-state index contributed by atoms with van der Waals surface area (Å²) in [6.07, 6.45) is 0. The monoisotopic (exact) mass is 300 g/mol. The van der Waals surface area contributed by atoms with Gasteiger partial charge in [-0.15, -0.1) is 12.4 Å². The van der Waals surface area contributed by atoms with Crippen LogP contribution in [0.5, 0.6) is 0 Å². The molecule has 1 fully saturated rings. The smallest absolute Gasteiger partial charge is 0.337 e. The van der Waals surface area contributed by atoms with Gasteiger partial charge in [0.15, 0.2) is 0 Å². The second-order valence-electron chi connectivity index (χ2n) is 4.60. The number of esters is 1. The molecule has 0 bridgehead atoms. The normalized spacial score (nSPS) is 17.1. The van der Waals surface area contributed by atoms with Crippen LogP contribution in [0.1, 0.15) is 22.0 Å². The first kappa shape index (κ1) is 16.9. The minimum Gasteiger partial charge on any atom is -0.465 e. The lowest BCUT2D eigenvalue weighted by molar-refractivity contribution is 0.0599. The maximum atomic E-state index is 11.5. The number of carbonyl (C=O) groups is 1. The Morgan fingerprint density at radius 3 is 2.75 bits per heavy atom. The highest BCUT2D eigenvalue weighted by Crippen LogP contribution is 2.21. The van der Waals surface area contributed by atoms with Crippen molar-refractivity contribution in [2.24, 2.45) is 0 Å². The fourth-order valence-corrected chi connectivity index (χ4v) is 2.42. The van der Waals surface area contributed by atoms with E-state index in [9.17, 15) is 9.90 Å². The average Bonchev–Trinajstić information content (AvgIpc) is 2.48. The number of halogens is 1. The molecule has 1 aliphatic rings. The van der Waals surface area contributed by atoms with Crippen LogP contribution >= 0.6 is 12.4 Å². The van der Waals surface area contributed by atoms with Gasteiger partial charge in [0.2, 0.25) is 0 Å². The number of hydrogen-bond acceptors (Lipinski definition) is 5. The van der Waals surface area contributed by atoms with Crippen molar-refractivity contribution in [1.29, 1.82) is 0 Å². The molecule has 0 unspecified atom stereocenters.